The van der Waals surface area contributed by atoms with E-state index < -0.39 is 34.5 Å². The lowest BCUT2D eigenvalue weighted by Crippen LogP contribution is -2.32. The third kappa shape index (κ3) is 7.08. The van der Waals surface area contributed by atoms with Crippen molar-refractivity contribution in [2.45, 2.75) is 51.4 Å². The largest absolute Gasteiger partial charge is 0.625 e. The molecule has 43 heavy (non-hydrogen) atoms. The Morgan fingerprint density at radius 2 is 1.74 bits per heavy atom. The van der Waals surface area contributed by atoms with Crippen LogP contribution in [0, 0.1) is 11.0 Å². The molecule has 5 rings (SSSR count). The van der Waals surface area contributed by atoms with Gasteiger partial charge < -0.3 is 25.5 Å². The van der Waals surface area contributed by atoms with E-state index in [9.17, 15) is 29.4 Å². The Kier molecular flexibility index (Phi) is 8.88. The van der Waals surface area contributed by atoms with E-state index in [1.807, 2.05) is 56.3 Å². The van der Waals surface area contributed by atoms with Crippen LogP contribution in [0.5, 0.6) is 5.88 Å². The second-order valence-corrected chi connectivity index (χ2v) is 11.3. The van der Waals surface area contributed by atoms with Crippen molar-refractivity contribution in [2.75, 3.05) is 19.7 Å². The zero-order valence-electron chi connectivity index (χ0n) is 24.1. The summed E-state index contributed by atoms with van der Waals surface area (Å²) >= 11 is 0. The van der Waals surface area contributed by atoms with Gasteiger partial charge in [0.15, 0.2) is 5.69 Å². The molecule has 4 aromatic rings. The molecule has 2 heterocycles. The zero-order chi connectivity index (χ0) is 30.7. The lowest BCUT2D eigenvalue weighted by atomic mass is 10.0. The van der Waals surface area contributed by atoms with Crippen LogP contribution in [-0.2, 0) is 11.3 Å². The molecule has 1 fully saturated rings. The molecule has 0 unspecified atom stereocenters. The van der Waals surface area contributed by atoms with Crippen LogP contribution in [0.25, 0.3) is 16.5 Å². The molecule has 1 saturated heterocycles. The first kappa shape index (κ1) is 30.3. The SMILES string of the molecule is CC(C)c1c(C(=O)NCc2ccc3ccccc3c2)nn(-c2ccc(F)cc2)c1OC[C@@H](O)C[C@@H](O)CC(=O)[N+]1([O-])CC1. The third-order valence-corrected chi connectivity index (χ3v) is 7.46. The summed E-state index contributed by atoms with van der Waals surface area (Å²) in [6.07, 6.45) is -2.93. The molecule has 3 N–H and O–H groups in total. The molecule has 2 amide bonds. The van der Waals surface area contributed by atoms with Gasteiger partial charge in [0.2, 0.25) is 5.88 Å². The lowest BCUT2D eigenvalue weighted by Gasteiger charge is -2.21. The Labute approximate surface area is 248 Å². The number of nitrogens with one attached hydrogen (secondary N) is 1. The molecule has 0 bridgehead atoms. The van der Waals surface area contributed by atoms with Gasteiger partial charge in [-0.2, -0.15) is 5.10 Å². The van der Waals surface area contributed by atoms with Crippen molar-refractivity contribution >= 4 is 22.6 Å². The summed E-state index contributed by atoms with van der Waals surface area (Å²) in [5.41, 5.74) is 1.96. The van der Waals surface area contributed by atoms with Crippen LogP contribution in [0.3, 0.4) is 0 Å². The first-order valence-corrected chi connectivity index (χ1v) is 14.3. The number of hydrogen-bond donors (Lipinski definition) is 3. The number of hydrogen-bond acceptors (Lipinski definition) is 7. The van der Waals surface area contributed by atoms with Crippen LogP contribution in [0.1, 0.15) is 54.2 Å². The summed E-state index contributed by atoms with van der Waals surface area (Å²) in [6.45, 7) is 4.15. The van der Waals surface area contributed by atoms with Gasteiger partial charge in [-0.15, -0.1) is 0 Å². The maximum absolute atomic E-state index is 13.7. The first-order valence-electron chi connectivity index (χ1n) is 14.3. The van der Waals surface area contributed by atoms with Crippen molar-refractivity contribution in [3.8, 4) is 11.6 Å². The highest BCUT2D eigenvalue weighted by atomic mass is 19.1. The van der Waals surface area contributed by atoms with Crippen LogP contribution >= 0.6 is 0 Å². The molecule has 0 aliphatic carbocycles. The number of nitrogens with zero attached hydrogens (tertiary/aromatic N) is 3. The second-order valence-electron chi connectivity index (χ2n) is 11.3. The number of aliphatic hydroxyl groups excluding tert-OH is 2. The van der Waals surface area contributed by atoms with E-state index in [1.165, 1.54) is 28.9 Å². The number of carbonyl (C=O) groups excluding carboxylic acids is 2. The number of hydroxylamine groups is 3. The van der Waals surface area contributed by atoms with Gasteiger partial charge in [0.25, 0.3) is 5.91 Å². The molecule has 0 radical (unpaired) electrons. The molecule has 3 aromatic carbocycles. The minimum absolute atomic E-state index is 0.123. The number of halogens is 1. The summed E-state index contributed by atoms with van der Waals surface area (Å²) in [7, 11) is 0. The Hall–Kier alpha value is -4.16. The third-order valence-electron chi connectivity index (χ3n) is 7.46. The van der Waals surface area contributed by atoms with Crippen LogP contribution in [0.15, 0.2) is 66.7 Å². The number of amides is 2. The second kappa shape index (κ2) is 12.6. The van der Waals surface area contributed by atoms with Gasteiger partial charge in [-0.25, -0.2) is 13.9 Å². The van der Waals surface area contributed by atoms with Crippen LogP contribution < -0.4 is 10.1 Å². The number of quaternary nitrogens is 1. The molecule has 11 heteroatoms. The first-order chi connectivity index (χ1) is 20.5. The standard InChI is InChI=1S/C32H35FN4O6/c1-20(2)29-30(31(41)34-18-21-7-8-22-5-3-4-6-23(22)15-21)35-36(25-11-9-24(33)10-12-25)32(29)43-19-27(39)16-26(38)17-28(40)37(42)13-14-37/h3-12,15,20,26-27,38-39H,13-14,16-19H2,1-2H3,(H,34,41)/t26-,27+/m1/s1. The molecule has 226 valence electrons. The van der Waals surface area contributed by atoms with E-state index in [0.717, 1.165) is 16.3 Å². The zero-order valence-corrected chi connectivity index (χ0v) is 24.1. The number of aromatic nitrogens is 2. The van der Waals surface area contributed by atoms with Gasteiger partial charge >= 0.3 is 5.91 Å². The smallest absolute Gasteiger partial charge is 0.316 e. The van der Waals surface area contributed by atoms with Gasteiger partial charge in [0.05, 0.1) is 24.3 Å². The van der Waals surface area contributed by atoms with Crippen LogP contribution in [-0.4, -0.2) is 68.4 Å². The van der Waals surface area contributed by atoms with E-state index in [0.29, 0.717) is 11.3 Å². The quantitative estimate of drug-likeness (QED) is 0.129. The maximum atomic E-state index is 13.7. The van der Waals surface area contributed by atoms with Crippen LogP contribution in [0.4, 0.5) is 4.39 Å². The Bertz CT molecular complexity index is 1620. The summed E-state index contributed by atoms with van der Waals surface area (Å²) < 4.78 is 20.2. The van der Waals surface area contributed by atoms with E-state index in [4.69, 9.17) is 4.74 Å². The summed E-state index contributed by atoms with van der Waals surface area (Å²) in [5, 5.41) is 42.4. The number of ether oxygens (including phenoxy) is 1. The van der Waals surface area contributed by atoms with E-state index in [-0.39, 0.29) is 56.6 Å². The summed E-state index contributed by atoms with van der Waals surface area (Å²) in [5.74, 6) is -1.52. The van der Waals surface area contributed by atoms with Crippen molar-refractivity contribution in [1.82, 2.24) is 15.1 Å². The van der Waals surface area contributed by atoms with E-state index in [2.05, 4.69) is 10.4 Å². The number of benzene rings is 3. The number of carbonyl (C=O) groups is 2. The molecular weight excluding hydrogens is 555 g/mol. The molecule has 1 aliphatic heterocycles. The fourth-order valence-electron chi connectivity index (χ4n) is 4.96. The van der Waals surface area contributed by atoms with Crippen molar-refractivity contribution < 1.29 is 33.6 Å². The molecule has 0 saturated carbocycles. The number of rotatable bonds is 12. The number of fused-ring (bicyclic) bond motifs is 1. The van der Waals surface area contributed by atoms with E-state index >= 15 is 0 Å². The average Bonchev–Trinajstić information content (AvgIpc) is 3.62. The van der Waals surface area contributed by atoms with Gasteiger partial charge in [0.1, 0.15) is 25.5 Å². The van der Waals surface area contributed by atoms with Crippen LogP contribution in [0.2, 0.25) is 0 Å². The highest BCUT2D eigenvalue weighted by Crippen LogP contribution is 2.33. The Balaban J connectivity index is 1.35. The average molecular weight is 591 g/mol. The lowest BCUT2D eigenvalue weighted by molar-refractivity contribution is -0.660. The highest BCUT2D eigenvalue weighted by molar-refractivity contribution is 5.94. The Morgan fingerprint density at radius 1 is 1.05 bits per heavy atom. The predicted molar refractivity (Wildman–Crippen MR) is 158 cm³/mol. The fraction of sp³-hybridized carbons (Fsp3) is 0.344. The minimum atomic E-state index is -1.21. The molecule has 1 aliphatic rings. The topological polar surface area (TPSA) is 137 Å². The monoisotopic (exact) mass is 590 g/mol. The molecule has 0 spiro atoms. The van der Waals surface area contributed by atoms with Gasteiger partial charge in [-0.3, -0.25) is 9.44 Å². The van der Waals surface area contributed by atoms with E-state index in [1.54, 1.807) is 0 Å². The van der Waals surface area contributed by atoms with Gasteiger partial charge in [-0.1, -0.05) is 50.2 Å². The van der Waals surface area contributed by atoms with Crippen molar-refractivity contribution in [3.63, 3.8) is 0 Å². The normalized spacial score (nSPS) is 15.3. The summed E-state index contributed by atoms with van der Waals surface area (Å²) in [4.78, 5) is 25.5. The molecular formula is C32H35FN4O6. The maximum Gasteiger partial charge on any atom is 0.316 e. The Morgan fingerprint density at radius 3 is 2.42 bits per heavy atom. The molecule has 1 aromatic heterocycles. The van der Waals surface area contributed by atoms with Gasteiger partial charge in [-0.05, 0) is 52.6 Å². The van der Waals surface area contributed by atoms with Crippen molar-refractivity contribution in [1.29, 1.82) is 0 Å². The summed E-state index contributed by atoms with van der Waals surface area (Å²) in [6, 6.07) is 19.4. The van der Waals surface area contributed by atoms with Gasteiger partial charge in [0, 0.05) is 18.5 Å². The minimum Gasteiger partial charge on any atom is -0.625 e. The number of aliphatic hydroxyl groups is 2. The van der Waals surface area contributed by atoms with Crippen molar-refractivity contribution in [2.24, 2.45) is 0 Å². The highest BCUT2D eigenvalue weighted by Gasteiger charge is 2.41. The predicted octanol–water partition coefficient (Wildman–Crippen LogP) is 3.95. The molecule has 10 nitrogen and oxygen atoms in total. The fourth-order valence-corrected chi connectivity index (χ4v) is 4.96. The molecule has 2 atom stereocenters. The van der Waals surface area contributed by atoms with Crippen molar-refractivity contribution in [3.05, 3.63) is 94.6 Å².